The van der Waals surface area contributed by atoms with Gasteiger partial charge in [-0.3, -0.25) is 0 Å². The number of halogens is 2. The molecule has 3 rings (SSSR count). The molecule has 0 heterocycles. The van der Waals surface area contributed by atoms with Gasteiger partial charge < -0.3 is 0 Å². The van der Waals surface area contributed by atoms with E-state index in [2.05, 4.69) is 0 Å². The summed E-state index contributed by atoms with van der Waals surface area (Å²) in [4.78, 5) is -0.0438. The van der Waals surface area contributed by atoms with Crippen molar-refractivity contribution in [1.82, 2.24) is 0 Å². The molecule has 0 aliphatic carbocycles. The summed E-state index contributed by atoms with van der Waals surface area (Å²) >= 11 is 12.1. The second-order valence-corrected chi connectivity index (χ2v) is 7.88. The van der Waals surface area contributed by atoms with E-state index in [0.29, 0.717) is 10.7 Å². The lowest BCUT2D eigenvalue weighted by atomic mass is 10.3. The third-order valence-corrected chi connectivity index (χ3v) is 5.91. The molecule has 0 atom stereocenters. The molecule has 0 radical (unpaired) electrons. The quantitative estimate of drug-likeness (QED) is 0.404. The first-order chi connectivity index (χ1) is 12.0. The summed E-state index contributed by atoms with van der Waals surface area (Å²) in [5, 5.41) is 0.419. The first-order valence-corrected chi connectivity index (χ1v) is 9.62. The SMILES string of the molecule is O=S(=O)(c1cc(Cl)ccc1Cl)N([NH2+]c1ccccc1)c1ccccc1. The van der Waals surface area contributed by atoms with Crippen LogP contribution in [0.5, 0.6) is 0 Å². The molecule has 3 aromatic rings. The van der Waals surface area contributed by atoms with Crippen LogP contribution in [-0.4, -0.2) is 8.42 Å². The molecule has 0 aromatic heterocycles. The highest BCUT2D eigenvalue weighted by Crippen LogP contribution is 2.28. The van der Waals surface area contributed by atoms with E-state index in [9.17, 15) is 8.42 Å². The van der Waals surface area contributed by atoms with E-state index < -0.39 is 10.0 Å². The first-order valence-electron chi connectivity index (χ1n) is 7.43. The summed E-state index contributed by atoms with van der Waals surface area (Å²) in [6, 6.07) is 22.4. The van der Waals surface area contributed by atoms with Gasteiger partial charge in [0, 0.05) is 17.2 Å². The highest BCUT2D eigenvalue weighted by Gasteiger charge is 2.31. The van der Waals surface area contributed by atoms with Crippen LogP contribution in [0.4, 0.5) is 11.4 Å². The number of nitrogens with two attached hydrogens (primary N) is 1. The third-order valence-electron chi connectivity index (χ3n) is 3.51. The number of anilines is 1. The lowest BCUT2D eigenvalue weighted by Crippen LogP contribution is -2.90. The summed E-state index contributed by atoms with van der Waals surface area (Å²) in [5.74, 6) is 0. The van der Waals surface area contributed by atoms with Crippen molar-refractivity contribution >= 4 is 44.6 Å². The smallest absolute Gasteiger partial charge is 0.196 e. The van der Waals surface area contributed by atoms with E-state index in [1.807, 2.05) is 36.4 Å². The molecule has 0 amide bonds. The molecular weight excluding hydrogens is 379 g/mol. The fourth-order valence-corrected chi connectivity index (χ4v) is 4.42. The minimum Gasteiger partial charge on any atom is -0.196 e. The van der Waals surface area contributed by atoms with E-state index >= 15 is 0 Å². The normalized spacial score (nSPS) is 11.3. The summed E-state index contributed by atoms with van der Waals surface area (Å²) in [6.07, 6.45) is 0. The van der Waals surface area contributed by atoms with Crippen molar-refractivity contribution in [2.24, 2.45) is 0 Å². The zero-order valence-electron chi connectivity index (χ0n) is 13.0. The van der Waals surface area contributed by atoms with E-state index in [1.165, 1.54) is 16.5 Å². The Labute approximate surface area is 156 Å². The van der Waals surface area contributed by atoms with Gasteiger partial charge in [0.2, 0.25) is 0 Å². The Bertz CT molecular complexity index is 965. The van der Waals surface area contributed by atoms with Gasteiger partial charge in [0.25, 0.3) is 0 Å². The Kier molecular flexibility index (Phi) is 5.30. The Morgan fingerprint density at radius 1 is 0.800 bits per heavy atom. The second kappa shape index (κ2) is 7.45. The molecule has 128 valence electrons. The van der Waals surface area contributed by atoms with E-state index in [4.69, 9.17) is 23.2 Å². The molecule has 0 aliphatic heterocycles. The Morgan fingerprint density at radius 3 is 2.04 bits per heavy atom. The average molecular weight is 394 g/mol. The fourth-order valence-electron chi connectivity index (χ4n) is 2.31. The molecular formula is C18H15Cl2N2O2S+. The maximum Gasteiger partial charge on any atom is 0.306 e. The van der Waals surface area contributed by atoms with E-state index in [-0.39, 0.29) is 9.92 Å². The molecule has 0 spiro atoms. The number of para-hydroxylation sites is 1. The zero-order valence-corrected chi connectivity index (χ0v) is 15.3. The van der Waals surface area contributed by atoms with Gasteiger partial charge in [0.15, 0.2) is 5.69 Å². The maximum atomic E-state index is 13.3. The van der Waals surface area contributed by atoms with Crippen LogP contribution in [0, 0.1) is 0 Å². The molecule has 2 N–H and O–H groups in total. The molecule has 0 fully saturated rings. The molecule has 0 aliphatic rings. The molecule has 4 nitrogen and oxygen atoms in total. The fraction of sp³-hybridized carbons (Fsp3) is 0. The van der Waals surface area contributed by atoms with E-state index in [0.717, 1.165) is 5.69 Å². The lowest BCUT2D eigenvalue weighted by Gasteiger charge is -2.21. The number of hydrogen-bond acceptors (Lipinski definition) is 2. The topological polar surface area (TPSA) is 54.0 Å². The summed E-state index contributed by atoms with van der Waals surface area (Å²) < 4.78 is 27.7. The number of hydrogen-bond donors (Lipinski definition) is 1. The van der Waals surface area contributed by atoms with Gasteiger partial charge in [0.05, 0.1) is 5.02 Å². The number of rotatable bonds is 5. The van der Waals surface area contributed by atoms with Gasteiger partial charge in [-0.2, -0.15) is 13.8 Å². The van der Waals surface area contributed by atoms with Crippen LogP contribution in [-0.2, 0) is 10.0 Å². The van der Waals surface area contributed by atoms with Crippen molar-refractivity contribution in [1.29, 1.82) is 0 Å². The molecule has 0 unspecified atom stereocenters. The standard InChI is InChI=1S/C18H14Cl2N2O2S/c19-14-11-12-17(20)18(13-14)25(23,24)22(16-9-5-2-6-10-16)21-15-7-3-1-4-8-15/h1-13,21H/p+1. The molecule has 25 heavy (non-hydrogen) atoms. The van der Waals surface area contributed by atoms with Crippen LogP contribution in [0.1, 0.15) is 0 Å². The zero-order chi connectivity index (χ0) is 17.9. The van der Waals surface area contributed by atoms with Crippen molar-refractivity contribution in [3.63, 3.8) is 0 Å². The van der Waals surface area contributed by atoms with Crippen molar-refractivity contribution in [2.75, 3.05) is 4.41 Å². The number of quaternary nitrogens is 1. The Hall–Kier alpha value is -2.05. The maximum absolute atomic E-state index is 13.3. The predicted molar refractivity (Wildman–Crippen MR) is 101 cm³/mol. The van der Waals surface area contributed by atoms with Crippen molar-refractivity contribution in [2.45, 2.75) is 4.90 Å². The highest BCUT2D eigenvalue weighted by molar-refractivity contribution is 7.92. The van der Waals surface area contributed by atoms with Crippen LogP contribution >= 0.6 is 23.2 Å². The van der Waals surface area contributed by atoms with Gasteiger partial charge in [-0.1, -0.05) is 59.6 Å². The minimum atomic E-state index is -3.94. The van der Waals surface area contributed by atoms with Crippen molar-refractivity contribution in [3.05, 3.63) is 88.9 Å². The van der Waals surface area contributed by atoms with Crippen LogP contribution < -0.4 is 9.84 Å². The van der Waals surface area contributed by atoms with Crippen LogP contribution in [0.15, 0.2) is 83.8 Å². The van der Waals surface area contributed by atoms with Crippen LogP contribution in [0.2, 0.25) is 10.0 Å². The van der Waals surface area contributed by atoms with Gasteiger partial charge in [0.1, 0.15) is 10.6 Å². The largest absolute Gasteiger partial charge is 0.306 e. The van der Waals surface area contributed by atoms with Gasteiger partial charge in [-0.15, -0.1) is 4.41 Å². The van der Waals surface area contributed by atoms with Crippen LogP contribution in [0.3, 0.4) is 0 Å². The summed E-state index contributed by atoms with van der Waals surface area (Å²) in [6.45, 7) is 0. The molecule has 0 saturated carbocycles. The first kappa shape index (κ1) is 17.8. The highest BCUT2D eigenvalue weighted by atomic mass is 35.5. The number of sulfonamides is 1. The lowest BCUT2D eigenvalue weighted by molar-refractivity contribution is -0.566. The number of benzene rings is 3. The molecule has 0 saturated heterocycles. The molecule has 3 aromatic carbocycles. The van der Waals surface area contributed by atoms with Crippen molar-refractivity contribution in [3.8, 4) is 0 Å². The molecule has 0 bridgehead atoms. The monoisotopic (exact) mass is 393 g/mol. The summed E-state index contributed by atoms with van der Waals surface area (Å²) in [5.41, 5.74) is 2.80. The van der Waals surface area contributed by atoms with E-state index in [1.54, 1.807) is 35.8 Å². The van der Waals surface area contributed by atoms with Gasteiger partial charge >= 0.3 is 10.0 Å². The van der Waals surface area contributed by atoms with Gasteiger partial charge in [-0.05, 0) is 30.3 Å². The second-order valence-electron chi connectivity index (χ2n) is 5.25. The van der Waals surface area contributed by atoms with Crippen LogP contribution in [0.25, 0.3) is 0 Å². The Balaban J connectivity index is 2.12. The molecule has 7 heteroatoms. The average Bonchev–Trinajstić information content (AvgIpc) is 2.63. The predicted octanol–water partition coefficient (Wildman–Crippen LogP) is 4.00. The van der Waals surface area contributed by atoms with Gasteiger partial charge in [-0.25, -0.2) is 0 Å². The third kappa shape index (κ3) is 3.96. The Morgan fingerprint density at radius 2 is 1.40 bits per heavy atom. The van der Waals surface area contributed by atoms with Crippen molar-refractivity contribution < 1.29 is 13.8 Å². The minimum absolute atomic E-state index is 0.0438. The number of nitrogens with zero attached hydrogens (tertiary/aromatic N) is 1. The summed E-state index contributed by atoms with van der Waals surface area (Å²) in [7, 11) is -3.94.